The molecule has 27 nitrogen and oxygen atoms in total. The second-order valence-corrected chi connectivity index (χ2v) is 21.6. The van der Waals surface area contributed by atoms with Gasteiger partial charge < -0.3 is 60.5 Å². The first-order chi connectivity index (χ1) is 38.8. The quantitative estimate of drug-likeness (QED) is 0.0174. The molecule has 2 aliphatic heterocycles. The van der Waals surface area contributed by atoms with Gasteiger partial charge in [-0.1, -0.05) is 30.3 Å². The van der Waals surface area contributed by atoms with Crippen molar-refractivity contribution in [2.45, 2.75) is 135 Å². The molecule has 82 heavy (non-hydrogen) atoms. The Bertz CT molecular complexity index is 3000. The number of hydrogen-bond donors (Lipinski definition) is 9. The molecule has 0 radical (unpaired) electrons. The van der Waals surface area contributed by atoms with Crippen LogP contribution in [0.4, 0.5) is 16.3 Å². The molecule has 28 heteroatoms. The number of nitrogens with one attached hydrogen (secondary N) is 8. The highest BCUT2D eigenvalue weighted by molar-refractivity contribution is 7.86. The molecule has 0 fully saturated rings. The lowest BCUT2D eigenvalue weighted by Crippen LogP contribution is -2.59. The maximum Gasteiger partial charge on any atom is 0.415 e. The first-order valence-corrected chi connectivity index (χ1v) is 28.2. The Morgan fingerprint density at radius 2 is 1.60 bits per heavy atom. The van der Waals surface area contributed by atoms with Gasteiger partial charge in [0.1, 0.15) is 24.0 Å². The monoisotopic (exact) mass is 1160 g/mol. The highest BCUT2D eigenvalue weighted by Gasteiger charge is 2.52. The molecule has 0 aliphatic carbocycles. The molecule has 448 valence electrons. The number of rotatable bonds is 27. The summed E-state index contributed by atoms with van der Waals surface area (Å²) in [4.78, 5) is 116. The van der Waals surface area contributed by atoms with Crippen LogP contribution >= 0.6 is 0 Å². The van der Waals surface area contributed by atoms with Crippen LogP contribution in [0.2, 0.25) is 0 Å². The highest BCUT2D eigenvalue weighted by Crippen LogP contribution is 2.43. The fourth-order valence-electron chi connectivity index (χ4n) is 8.79. The first kappa shape index (κ1) is 64.7. The number of carbonyl (C=O) groups excluding carboxylic acids is 7. The van der Waals surface area contributed by atoms with Gasteiger partial charge in [-0.25, -0.2) is 20.7 Å². The normalized spacial score (nSPS) is 16.8. The second kappa shape index (κ2) is 29.6. The predicted molar refractivity (Wildman–Crippen MR) is 304 cm³/mol. The van der Waals surface area contributed by atoms with Gasteiger partial charge in [0, 0.05) is 53.1 Å². The minimum atomic E-state index is -5.31. The van der Waals surface area contributed by atoms with Crippen molar-refractivity contribution in [1.82, 2.24) is 51.8 Å². The maximum absolute atomic E-state index is 14.8. The minimum absolute atomic E-state index is 0.00862. The van der Waals surface area contributed by atoms with E-state index >= 15 is 0 Å². The average molecular weight is 1160 g/mol. The van der Waals surface area contributed by atoms with E-state index in [9.17, 15) is 46.5 Å². The number of aromatic nitrogens is 2. The van der Waals surface area contributed by atoms with Crippen LogP contribution in [0, 0.1) is 0 Å². The number of unbranched alkanes of at least 4 members (excludes halogenated alkanes) is 1. The molecular weight excluding hydrogens is 1090 g/mol. The van der Waals surface area contributed by atoms with E-state index in [-0.39, 0.29) is 71.9 Å². The van der Waals surface area contributed by atoms with E-state index < -0.39 is 86.9 Å². The number of methoxy groups -OCH3 is 1. The molecule has 3 aromatic rings. The number of aryl methyl sites for hydroxylation is 1. The van der Waals surface area contributed by atoms with Crippen molar-refractivity contribution in [2.75, 3.05) is 44.7 Å². The molecule has 0 bridgehead atoms. The zero-order chi connectivity index (χ0) is 60.5. The van der Waals surface area contributed by atoms with Crippen molar-refractivity contribution < 1.29 is 65.7 Å². The van der Waals surface area contributed by atoms with E-state index in [4.69, 9.17) is 19.1 Å². The lowest BCUT2D eigenvalue weighted by Gasteiger charge is -2.40. The summed E-state index contributed by atoms with van der Waals surface area (Å²) in [6.07, 6.45) is 7.38. The molecule has 7 amide bonds. The summed E-state index contributed by atoms with van der Waals surface area (Å²) in [6, 6.07) is 4.84. The van der Waals surface area contributed by atoms with E-state index in [1.165, 1.54) is 56.5 Å². The summed E-state index contributed by atoms with van der Waals surface area (Å²) in [6.45, 7) is 12.0. The van der Waals surface area contributed by atoms with Gasteiger partial charge >= 0.3 is 6.09 Å². The summed E-state index contributed by atoms with van der Waals surface area (Å²) < 4.78 is 51.8. The van der Waals surface area contributed by atoms with Gasteiger partial charge in [0.25, 0.3) is 21.9 Å². The first-order valence-electron chi connectivity index (χ1n) is 26.7. The smallest absolute Gasteiger partial charge is 0.415 e. The Balaban J connectivity index is 1.34. The standard InChI is InChI=1S/C54H77N13O14S/c1-12-18-43(63-54(6,7)23-25-55-8)62-50(72)47-61-44(31-65(47)10)64-81-42-29-39-38(28-41(42)78-11)51(73)66-30-37-20-14-13-19-36(37)27-40(66)52(82(75,76)77)67(39)53(74)80-35(5)32(2)59-49(71)34(4)60-48(70)33(3)58-46(69)22-16-15-21-45(68)57-24-17-26-79-56-9/h12-14,18-20,23,25,28-29,31-35,40,52,55-56,64H,15-17,21-22,24,26-27,30H2,1-11H3,(H,57,68)(H,58,69)(H,59,71)(H,60,70)(H,62,63,72)(H,75,76,77)/b18-12-,25-23-/t32?,33-,34-,35-,40+,52?/m1/s1. The molecule has 9 N–H and O–H groups in total. The predicted octanol–water partition coefficient (Wildman–Crippen LogP) is 2.91. The van der Waals surface area contributed by atoms with Gasteiger partial charge in [-0.05, 0) is 110 Å². The van der Waals surface area contributed by atoms with E-state index in [0.29, 0.717) is 48.4 Å². The second-order valence-electron chi connectivity index (χ2n) is 20.1. The van der Waals surface area contributed by atoms with Crippen molar-refractivity contribution in [3.63, 3.8) is 0 Å². The number of amides is 7. The number of nitrogens with zero attached hydrogens (tertiary/aromatic N) is 5. The van der Waals surface area contributed by atoms with Crippen molar-refractivity contribution >= 4 is 69.0 Å². The van der Waals surface area contributed by atoms with Crippen LogP contribution in [0.5, 0.6) is 11.5 Å². The molecule has 0 saturated carbocycles. The van der Waals surface area contributed by atoms with Gasteiger partial charge in [0.2, 0.25) is 29.5 Å². The fraction of sp³-hybridized carbons (Fsp3) is 0.500. The molecule has 2 aliphatic rings. The van der Waals surface area contributed by atoms with Gasteiger partial charge in [-0.2, -0.15) is 8.42 Å². The number of anilines is 2. The minimum Gasteiger partial charge on any atom is -0.493 e. The molecule has 5 rings (SSSR count). The zero-order valence-electron chi connectivity index (χ0n) is 48.1. The number of amidine groups is 1. The topological polar surface area (TPSA) is 344 Å². The number of aliphatic imine (C=N–C) groups is 1. The lowest BCUT2D eigenvalue weighted by atomic mass is 9.93. The number of hydrogen-bond acceptors (Lipinski definition) is 18. The molecule has 0 spiro atoms. The average Bonchev–Trinajstić information content (AvgIpc) is 3.97. The molecule has 2 unspecified atom stereocenters. The number of ether oxygens (including phenoxy) is 2. The third-order valence-electron chi connectivity index (χ3n) is 13.2. The van der Waals surface area contributed by atoms with Crippen LogP contribution in [-0.2, 0) is 58.9 Å². The van der Waals surface area contributed by atoms with E-state index in [1.807, 2.05) is 19.9 Å². The Hall–Kier alpha value is -8.08. The molecular formula is C54H77N13O14S. The largest absolute Gasteiger partial charge is 0.493 e. The van der Waals surface area contributed by atoms with Crippen LogP contribution in [0.15, 0.2) is 72.0 Å². The fourth-order valence-corrected chi connectivity index (χ4v) is 9.89. The van der Waals surface area contributed by atoms with Crippen LogP contribution in [0.25, 0.3) is 0 Å². The number of imidazole rings is 1. The Labute approximate surface area is 477 Å². The van der Waals surface area contributed by atoms with Gasteiger partial charge in [0.05, 0.1) is 48.8 Å². The molecule has 6 atom stereocenters. The summed E-state index contributed by atoms with van der Waals surface area (Å²) in [5.74, 6) is -3.37. The Morgan fingerprint density at radius 1 is 0.927 bits per heavy atom. The van der Waals surface area contributed by atoms with Crippen molar-refractivity contribution in [2.24, 2.45) is 12.0 Å². The molecule has 1 aromatic heterocycles. The van der Waals surface area contributed by atoms with Crippen molar-refractivity contribution in [3.8, 4) is 11.5 Å². The number of fused-ring (bicyclic) bond motifs is 3. The van der Waals surface area contributed by atoms with E-state index in [1.54, 1.807) is 70.7 Å². The van der Waals surface area contributed by atoms with Crippen LogP contribution in [0.3, 0.4) is 0 Å². The summed E-state index contributed by atoms with van der Waals surface area (Å²) >= 11 is 0. The number of benzene rings is 2. The molecule has 3 heterocycles. The molecule has 0 saturated heterocycles. The lowest BCUT2D eigenvalue weighted by molar-refractivity contribution is -0.132. The Morgan fingerprint density at radius 3 is 2.26 bits per heavy atom. The van der Waals surface area contributed by atoms with Crippen LogP contribution in [-0.4, -0.2) is 150 Å². The van der Waals surface area contributed by atoms with Gasteiger partial charge in [-0.15, -0.1) is 0 Å². The SMILES string of the molecule is C/C=C\C(=NC(C)(C)/C=C\NC)NC(=O)c1nc(NOc2cc3c(cc2OC)C(=O)N2Cc4ccccc4C[C@H]2C(S(=O)(=O)O)N3C(=O)O[C@H](C)C(C)NC(=O)[C@@H](C)NC(=O)[C@@H](C)NC(=O)CCCCC(=O)NCCCONC)cn1C. The van der Waals surface area contributed by atoms with Crippen LogP contribution in [0.1, 0.15) is 113 Å². The third-order valence-corrected chi connectivity index (χ3v) is 14.4. The molecule has 2 aromatic carbocycles. The van der Waals surface area contributed by atoms with Crippen LogP contribution < -0.4 is 57.3 Å². The highest BCUT2D eigenvalue weighted by atomic mass is 32.2. The van der Waals surface area contributed by atoms with Crippen molar-refractivity contribution in [3.05, 3.63) is 89.5 Å². The maximum atomic E-state index is 14.8. The summed E-state index contributed by atoms with van der Waals surface area (Å²) in [5, 5.41) is 14.1. The third kappa shape index (κ3) is 17.7. The number of allylic oxidation sites excluding steroid dienone is 1. The van der Waals surface area contributed by atoms with Gasteiger partial charge in [0.15, 0.2) is 22.7 Å². The number of hydroxylamine groups is 1. The van der Waals surface area contributed by atoms with E-state index in [2.05, 4.69) is 52.8 Å². The number of carbonyl (C=O) groups is 7. The Kier molecular flexibility index (Phi) is 23.4. The van der Waals surface area contributed by atoms with Gasteiger partial charge in [-0.3, -0.25) is 43.2 Å². The van der Waals surface area contributed by atoms with Crippen molar-refractivity contribution in [1.29, 1.82) is 0 Å². The zero-order valence-corrected chi connectivity index (χ0v) is 48.9. The summed E-state index contributed by atoms with van der Waals surface area (Å²) in [7, 11) is 0.934. The summed E-state index contributed by atoms with van der Waals surface area (Å²) in [5.41, 5.74) is 5.25. The van der Waals surface area contributed by atoms with E-state index in [0.717, 1.165) is 6.07 Å².